The average molecular weight is 615 g/mol. The summed E-state index contributed by atoms with van der Waals surface area (Å²) in [5, 5.41) is 0. The summed E-state index contributed by atoms with van der Waals surface area (Å²) in [6, 6.07) is 14.0. The number of ether oxygens (including phenoxy) is 2. The van der Waals surface area contributed by atoms with E-state index in [1.165, 1.54) is 32.1 Å². The van der Waals surface area contributed by atoms with Crippen LogP contribution in [0, 0.1) is 0 Å². The highest BCUT2D eigenvalue weighted by Gasteiger charge is 2.34. The number of allylic oxidation sites excluding steroid dienone is 2. The number of rotatable bonds is 14. The highest BCUT2D eigenvalue weighted by atomic mass is 16.5. The molecule has 2 aromatic rings. The predicted octanol–water partition coefficient (Wildman–Crippen LogP) is 9.51. The third-order valence-electron chi connectivity index (χ3n) is 8.16. The molecule has 0 fully saturated rings. The van der Waals surface area contributed by atoms with Gasteiger partial charge in [0.15, 0.2) is 11.5 Å². The van der Waals surface area contributed by atoms with Gasteiger partial charge in [0.2, 0.25) is 11.6 Å². The first-order chi connectivity index (χ1) is 21.2. The quantitative estimate of drug-likeness (QED) is 0.120. The van der Waals surface area contributed by atoms with Crippen LogP contribution in [0.2, 0.25) is 0 Å². The van der Waals surface area contributed by atoms with Gasteiger partial charge in [-0.3, -0.25) is 9.59 Å². The van der Waals surface area contributed by atoms with Crippen molar-refractivity contribution in [1.82, 2.24) is 0 Å². The second-order valence-electron chi connectivity index (χ2n) is 14.0. The maximum atomic E-state index is 13.6. The number of carbonyl (C=O) groups excluding carboxylic acids is 4. The zero-order valence-corrected chi connectivity index (χ0v) is 28.2. The van der Waals surface area contributed by atoms with Gasteiger partial charge in [-0.15, -0.1) is 0 Å². The van der Waals surface area contributed by atoms with Crippen molar-refractivity contribution in [2.45, 2.75) is 124 Å². The Morgan fingerprint density at radius 1 is 0.600 bits per heavy atom. The summed E-state index contributed by atoms with van der Waals surface area (Å²) in [6.07, 6.45) is 10.9. The van der Waals surface area contributed by atoms with Gasteiger partial charge in [0.25, 0.3) is 0 Å². The van der Waals surface area contributed by atoms with Crippen LogP contribution >= 0.6 is 0 Å². The second-order valence-corrected chi connectivity index (χ2v) is 14.0. The Kier molecular flexibility index (Phi) is 12.7. The molecule has 1 aliphatic carbocycles. The smallest absolute Gasteiger partial charge is 0.343 e. The van der Waals surface area contributed by atoms with E-state index < -0.39 is 23.5 Å². The van der Waals surface area contributed by atoms with Crippen LogP contribution < -0.4 is 0 Å². The van der Waals surface area contributed by atoms with Crippen molar-refractivity contribution in [2.24, 2.45) is 0 Å². The molecule has 0 radical (unpaired) electrons. The number of Topliss-reactive ketones (excluding diaryl/α,β-unsaturated/α-hetero) is 1. The van der Waals surface area contributed by atoms with E-state index in [1.807, 2.05) is 24.3 Å². The van der Waals surface area contributed by atoms with Crippen LogP contribution in [0.15, 0.2) is 71.7 Å². The first kappa shape index (κ1) is 35.7. The zero-order valence-electron chi connectivity index (χ0n) is 28.2. The minimum atomic E-state index is -0.732. The van der Waals surface area contributed by atoms with E-state index >= 15 is 0 Å². The SMILES string of the molecule is CCCCCCCCCCCC1=C(OC(=O)c2ccc(C(C)(C)C)cc2)C(=O)C=C(OC(=O)c2ccc(C(C)(C)C)cc2)C1=O. The summed E-state index contributed by atoms with van der Waals surface area (Å²) in [5.74, 6) is -3.39. The molecular weight excluding hydrogens is 564 g/mol. The summed E-state index contributed by atoms with van der Waals surface area (Å²) in [7, 11) is 0. The van der Waals surface area contributed by atoms with Gasteiger partial charge < -0.3 is 9.47 Å². The molecule has 6 heteroatoms. The highest BCUT2D eigenvalue weighted by molar-refractivity contribution is 6.22. The third kappa shape index (κ3) is 10.4. The number of hydrogen-bond acceptors (Lipinski definition) is 6. The van der Waals surface area contributed by atoms with Crippen molar-refractivity contribution < 1.29 is 28.7 Å². The number of esters is 2. The summed E-state index contributed by atoms with van der Waals surface area (Å²) < 4.78 is 11.1. The molecule has 0 aromatic heterocycles. The first-order valence-corrected chi connectivity index (χ1v) is 16.4. The fourth-order valence-corrected chi connectivity index (χ4v) is 5.20. The maximum absolute atomic E-state index is 13.6. The number of benzene rings is 2. The normalized spacial score (nSPS) is 14.0. The summed E-state index contributed by atoms with van der Waals surface area (Å²) in [4.78, 5) is 53.0. The van der Waals surface area contributed by atoms with Crippen molar-refractivity contribution in [2.75, 3.05) is 0 Å². The highest BCUT2D eigenvalue weighted by Crippen LogP contribution is 2.29. The molecule has 0 amide bonds. The molecule has 6 nitrogen and oxygen atoms in total. The van der Waals surface area contributed by atoms with Crippen molar-refractivity contribution in [3.63, 3.8) is 0 Å². The molecule has 0 N–H and O–H groups in total. The monoisotopic (exact) mass is 614 g/mol. The van der Waals surface area contributed by atoms with E-state index in [1.54, 1.807) is 24.3 Å². The van der Waals surface area contributed by atoms with Crippen molar-refractivity contribution in [3.8, 4) is 0 Å². The van der Waals surface area contributed by atoms with Crippen molar-refractivity contribution in [1.29, 1.82) is 0 Å². The van der Waals surface area contributed by atoms with Crippen LogP contribution in [0.4, 0.5) is 0 Å². The summed E-state index contributed by atoms with van der Waals surface area (Å²) in [5.41, 5.74) is 2.53. The lowest BCUT2D eigenvalue weighted by atomic mass is 9.87. The molecule has 0 saturated heterocycles. The fourth-order valence-electron chi connectivity index (χ4n) is 5.20. The van der Waals surface area contributed by atoms with E-state index in [2.05, 4.69) is 48.5 Å². The number of unbranched alkanes of at least 4 members (excludes halogenated alkanes) is 8. The largest absolute Gasteiger partial charge is 0.419 e. The van der Waals surface area contributed by atoms with Crippen LogP contribution in [0.5, 0.6) is 0 Å². The molecule has 1 aliphatic rings. The van der Waals surface area contributed by atoms with Gasteiger partial charge in [-0.1, -0.05) is 124 Å². The molecule has 0 bridgehead atoms. The van der Waals surface area contributed by atoms with Gasteiger partial charge in [-0.05, 0) is 59.1 Å². The zero-order chi connectivity index (χ0) is 33.2. The molecular formula is C39H50O6. The van der Waals surface area contributed by atoms with E-state index in [4.69, 9.17) is 9.47 Å². The standard InChI is InChI=1S/C39H50O6/c1-8-9-10-11-12-13-14-15-16-17-31-34(41)33(44-36(42)27-18-22-29(23-19-27)38(2,3)4)26-32(40)35(31)45-37(43)28-20-24-30(25-21-28)39(5,6)7/h18-26H,8-17H2,1-7H3. The molecule has 3 rings (SSSR count). The number of ketones is 2. The van der Waals surface area contributed by atoms with Gasteiger partial charge in [0.1, 0.15) is 0 Å². The lowest BCUT2D eigenvalue weighted by molar-refractivity contribution is -0.119. The van der Waals surface area contributed by atoms with Gasteiger partial charge in [-0.2, -0.15) is 0 Å². The molecule has 0 saturated carbocycles. The summed E-state index contributed by atoms with van der Waals surface area (Å²) in [6.45, 7) is 14.7. The second kappa shape index (κ2) is 16.0. The van der Waals surface area contributed by atoms with Crippen LogP contribution in [-0.2, 0) is 29.9 Å². The fraction of sp³-hybridized carbons (Fsp3) is 0.487. The molecule has 2 aromatic carbocycles. The lowest BCUT2D eigenvalue weighted by Crippen LogP contribution is -2.25. The van der Waals surface area contributed by atoms with Gasteiger partial charge in [-0.25, -0.2) is 9.59 Å². The summed E-state index contributed by atoms with van der Waals surface area (Å²) >= 11 is 0. The minimum Gasteiger partial charge on any atom is -0.419 e. The van der Waals surface area contributed by atoms with Crippen LogP contribution in [-0.4, -0.2) is 23.5 Å². The van der Waals surface area contributed by atoms with Gasteiger partial charge in [0.05, 0.1) is 16.7 Å². The van der Waals surface area contributed by atoms with Crippen molar-refractivity contribution in [3.05, 3.63) is 94.0 Å². The Morgan fingerprint density at radius 3 is 1.47 bits per heavy atom. The molecule has 0 unspecified atom stereocenters. The van der Waals surface area contributed by atoms with Crippen LogP contribution in [0.25, 0.3) is 0 Å². The third-order valence-corrected chi connectivity index (χ3v) is 8.16. The average Bonchev–Trinajstić information content (AvgIpc) is 2.99. The number of hydrogen-bond donors (Lipinski definition) is 0. The molecule has 0 spiro atoms. The lowest BCUT2D eigenvalue weighted by Gasteiger charge is -2.20. The van der Waals surface area contributed by atoms with E-state index in [0.29, 0.717) is 6.42 Å². The van der Waals surface area contributed by atoms with E-state index in [-0.39, 0.29) is 45.5 Å². The van der Waals surface area contributed by atoms with Gasteiger partial charge in [0, 0.05) is 6.08 Å². The van der Waals surface area contributed by atoms with Crippen LogP contribution in [0.1, 0.15) is 145 Å². The Labute approximate surface area is 269 Å². The maximum Gasteiger partial charge on any atom is 0.343 e. The van der Waals surface area contributed by atoms with Crippen LogP contribution in [0.3, 0.4) is 0 Å². The topological polar surface area (TPSA) is 86.7 Å². The number of carbonyl (C=O) groups is 4. The molecule has 45 heavy (non-hydrogen) atoms. The minimum absolute atomic E-state index is 0.0657. The van der Waals surface area contributed by atoms with Crippen molar-refractivity contribution >= 4 is 23.5 Å². The van der Waals surface area contributed by atoms with E-state index in [0.717, 1.165) is 36.5 Å². The molecule has 0 atom stereocenters. The van der Waals surface area contributed by atoms with E-state index in [9.17, 15) is 19.2 Å². The predicted molar refractivity (Wildman–Crippen MR) is 178 cm³/mol. The molecule has 0 heterocycles. The first-order valence-electron chi connectivity index (χ1n) is 16.4. The molecule has 242 valence electrons. The van der Waals surface area contributed by atoms with Gasteiger partial charge >= 0.3 is 11.9 Å². The Balaban J connectivity index is 1.76. The Morgan fingerprint density at radius 2 is 1.02 bits per heavy atom. The molecule has 0 aliphatic heterocycles. The Bertz CT molecular complexity index is 1410. The Hall–Kier alpha value is -3.80.